The molecule has 5 heteroatoms. The molecule has 0 unspecified atom stereocenters. The van der Waals surface area contributed by atoms with Crippen LogP contribution in [-0.4, -0.2) is 18.8 Å². The lowest BCUT2D eigenvalue weighted by Gasteiger charge is -2.38. The van der Waals surface area contributed by atoms with Gasteiger partial charge >= 0.3 is 0 Å². The van der Waals surface area contributed by atoms with Crippen molar-refractivity contribution in [3.63, 3.8) is 0 Å². The SMILES string of the molecule is COc1c(F)cc(F)c(O)c1C1(CN)CCCCC1. The molecule has 3 N–H and O–H groups in total. The van der Waals surface area contributed by atoms with Crippen molar-refractivity contribution in [3.05, 3.63) is 23.3 Å². The van der Waals surface area contributed by atoms with E-state index in [1.54, 1.807) is 0 Å². The molecular formula is C14H19F2NO2. The van der Waals surface area contributed by atoms with Gasteiger partial charge in [-0.2, -0.15) is 0 Å². The summed E-state index contributed by atoms with van der Waals surface area (Å²) in [4.78, 5) is 0. The number of benzene rings is 1. The lowest BCUT2D eigenvalue weighted by atomic mass is 9.68. The van der Waals surface area contributed by atoms with Gasteiger partial charge in [-0.25, -0.2) is 8.78 Å². The van der Waals surface area contributed by atoms with Crippen LogP contribution in [0.4, 0.5) is 8.78 Å². The zero-order chi connectivity index (χ0) is 14.0. The van der Waals surface area contributed by atoms with Crippen LogP contribution in [0.3, 0.4) is 0 Å². The van der Waals surface area contributed by atoms with E-state index in [1.807, 2.05) is 0 Å². The summed E-state index contributed by atoms with van der Waals surface area (Å²) >= 11 is 0. The molecule has 0 saturated heterocycles. The number of rotatable bonds is 3. The summed E-state index contributed by atoms with van der Waals surface area (Å²) in [6.45, 7) is 0.236. The number of methoxy groups -OCH3 is 1. The lowest BCUT2D eigenvalue weighted by molar-refractivity contribution is 0.268. The molecule has 2 rings (SSSR count). The topological polar surface area (TPSA) is 55.5 Å². The Balaban J connectivity index is 2.64. The fourth-order valence-electron chi connectivity index (χ4n) is 3.07. The van der Waals surface area contributed by atoms with Gasteiger partial charge < -0.3 is 15.6 Å². The van der Waals surface area contributed by atoms with Gasteiger partial charge in [0.05, 0.1) is 7.11 Å². The number of hydrogen-bond donors (Lipinski definition) is 2. The first-order valence-electron chi connectivity index (χ1n) is 6.51. The minimum Gasteiger partial charge on any atom is -0.505 e. The average Bonchev–Trinajstić information content (AvgIpc) is 2.43. The molecule has 1 aromatic carbocycles. The predicted octanol–water partition coefficient (Wildman–Crippen LogP) is 2.84. The Hall–Kier alpha value is -1.36. The van der Waals surface area contributed by atoms with Crippen LogP contribution in [0.1, 0.15) is 37.7 Å². The highest BCUT2D eigenvalue weighted by Crippen LogP contribution is 2.48. The quantitative estimate of drug-likeness (QED) is 0.888. The molecule has 1 aliphatic rings. The molecule has 1 aromatic rings. The molecule has 3 nitrogen and oxygen atoms in total. The van der Waals surface area contributed by atoms with Gasteiger partial charge in [0.25, 0.3) is 0 Å². The summed E-state index contributed by atoms with van der Waals surface area (Å²) in [6, 6.07) is 0.644. The van der Waals surface area contributed by atoms with E-state index >= 15 is 0 Å². The molecule has 0 aliphatic heterocycles. The van der Waals surface area contributed by atoms with Crippen LogP contribution < -0.4 is 10.5 Å². The molecule has 0 spiro atoms. The van der Waals surface area contributed by atoms with E-state index in [4.69, 9.17) is 10.5 Å². The number of halogens is 2. The van der Waals surface area contributed by atoms with Crippen molar-refractivity contribution in [3.8, 4) is 11.5 Å². The van der Waals surface area contributed by atoms with Gasteiger partial charge in [0.15, 0.2) is 23.1 Å². The Kier molecular flexibility index (Phi) is 3.94. The van der Waals surface area contributed by atoms with Crippen molar-refractivity contribution in [2.75, 3.05) is 13.7 Å². The van der Waals surface area contributed by atoms with Crippen molar-refractivity contribution in [2.24, 2.45) is 5.73 Å². The first kappa shape index (κ1) is 14.1. The van der Waals surface area contributed by atoms with E-state index in [0.29, 0.717) is 18.9 Å². The van der Waals surface area contributed by atoms with Crippen LogP contribution >= 0.6 is 0 Å². The Morgan fingerprint density at radius 3 is 2.42 bits per heavy atom. The summed E-state index contributed by atoms with van der Waals surface area (Å²) in [5.41, 5.74) is 5.44. The zero-order valence-corrected chi connectivity index (χ0v) is 11.0. The molecule has 0 radical (unpaired) electrons. The molecule has 0 bridgehead atoms. The monoisotopic (exact) mass is 271 g/mol. The minimum atomic E-state index is -0.966. The summed E-state index contributed by atoms with van der Waals surface area (Å²) in [6.07, 6.45) is 4.34. The number of ether oxygens (including phenoxy) is 1. The third kappa shape index (κ3) is 2.27. The lowest BCUT2D eigenvalue weighted by Crippen LogP contribution is -2.37. The maximum atomic E-state index is 13.8. The fourth-order valence-corrected chi connectivity index (χ4v) is 3.07. The third-order valence-electron chi connectivity index (χ3n) is 4.10. The van der Waals surface area contributed by atoms with Crippen molar-refractivity contribution < 1.29 is 18.6 Å². The van der Waals surface area contributed by atoms with E-state index in [2.05, 4.69) is 0 Å². The second-order valence-electron chi connectivity index (χ2n) is 5.14. The molecule has 1 fully saturated rings. The summed E-state index contributed by atoms with van der Waals surface area (Å²) in [5, 5.41) is 10.0. The summed E-state index contributed by atoms with van der Waals surface area (Å²) < 4.78 is 32.5. The van der Waals surface area contributed by atoms with Gasteiger partial charge in [-0.15, -0.1) is 0 Å². The summed E-state index contributed by atoms with van der Waals surface area (Å²) in [7, 11) is 1.31. The van der Waals surface area contributed by atoms with E-state index in [1.165, 1.54) is 7.11 Å². The molecular weight excluding hydrogens is 252 g/mol. The van der Waals surface area contributed by atoms with Gasteiger partial charge in [0.1, 0.15) is 0 Å². The number of phenolic OH excluding ortho intramolecular Hbond substituents is 1. The van der Waals surface area contributed by atoms with Crippen molar-refractivity contribution in [2.45, 2.75) is 37.5 Å². The Bertz CT molecular complexity index is 471. The van der Waals surface area contributed by atoms with Crippen LogP contribution in [0.5, 0.6) is 11.5 Å². The van der Waals surface area contributed by atoms with Crippen LogP contribution in [0.2, 0.25) is 0 Å². The van der Waals surface area contributed by atoms with Gasteiger partial charge in [-0.3, -0.25) is 0 Å². The van der Waals surface area contributed by atoms with E-state index in [0.717, 1.165) is 19.3 Å². The standard InChI is InChI=1S/C14H19F2NO2/c1-19-13-10(16)7-9(15)12(18)11(13)14(8-17)5-3-2-4-6-14/h7,18H,2-6,8,17H2,1H3. The van der Waals surface area contributed by atoms with Crippen LogP contribution in [-0.2, 0) is 5.41 Å². The van der Waals surface area contributed by atoms with Gasteiger partial charge in [0, 0.05) is 23.6 Å². The van der Waals surface area contributed by atoms with Gasteiger partial charge in [0.2, 0.25) is 0 Å². The molecule has 0 aromatic heterocycles. The Morgan fingerprint density at radius 1 is 1.26 bits per heavy atom. The Labute approximate surface area is 111 Å². The summed E-state index contributed by atoms with van der Waals surface area (Å²) in [5.74, 6) is -2.39. The van der Waals surface area contributed by atoms with Crippen molar-refractivity contribution in [1.82, 2.24) is 0 Å². The van der Waals surface area contributed by atoms with Crippen LogP contribution in [0.15, 0.2) is 6.07 Å². The highest BCUT2D eigenvalue weighted by atomic mass is 19.1. The van der Waals surface area contributed by atoms with E-state index in [-0.39, 0.29) is 17.9 Å². The highest BCUT2D eigenvalue weighted by molar-refractivity contribution is 5.51. The minimum absolute atomic E-state index is 0.0914. The normalized spacial score (nSPS) is 18.3. The first-order chi connectivity index (χ1) is 9.05. The molecule has 0 heterocycles. The predicted molar refractivity (Wildman–Crippen MR) is 68.4 cm³/mol. The number of nitrogens with two attached hydrogens (primary N) is 1. The average molecular weight is 271 g/mol. The largest absolute Gasteiger partial charge is 0.505 e. The molecule has 1 saturated carbocycles. The number of aromatic hydroxyl groups is 1. The maximum Gasteiger partial charge on any atom is 0.168 e. The molecule has 106 valence electrons. The highest BCUT2D eigenvalue weighted by Gasteiger charge is 2.39. The van der Waals surface area contributed by atoms with E-state index in [9.17, 15) is 13.9 Å². The molecule has 1 aliphatic carbocycles. The molecule has 0 atom stereocenters. The Morgan fingerprint density at radius 2 is 1.89 bits per heavy atom. The first-order valence-corrected chi connectivity index (χ1v) is 6.51. The molecule has 19 heavy (non-hydrogen) atoms. The second-order valence-corrected chi connectivity index (χ2v) is 5.14. The fraction of sp³-hybridized carbons (Fsp3) is 0.571. The number of hydrogen-bond acceptors (Lipinski definition) is 3. The smallest absolute Gasteiger partial charge is 0.168 e. The second kappa shape index (κ2) is 5.33. The van der Waals surface area contributed by atoms with Crippen LogP contribution in [0.25, 0.3) is 0 Å². The zero-order valence-electron chi connectivity index (χ0n) is 11.0. The van der Waals surface area contributed by atoms with Crippen molar-refractivity contribution >= 4 is 0 Å². The van der Waals surface area contributed by atoms with Gasteiger partial charge in [-0.1, -0.05) is 19.3 Å². The van der Waals surface area contributed by atoms with Gasteiger partial charge in [-0.05, 0) is 12.8 Å². The third-order valence-corrected chi connectivity index (χ3v) is 4.10. The van der Waals surface area contributed by atoms with Crippen LogP contribution in [0, 0.1) is 11.6 Å². The maximum absolute atomic E-state index is 13.8. The molecule has 0 amide bonds. The van der Waals surface area contributed by atoms with E-state index < -0.39 is 22.8 Å². The number of phenols is 1. The van der Waals surface area contributed by atoms with Crippen molar-refractivity contribution in [1.29, 1.82) is 0 Å².